The summed E-state index contributed by atoms with van der Waals surface area (Å²) in [5.74, 6) is 2.43. The third-order valence-electron chi connectivity index (χ3n) is 5.89. The molecule has 0 saturated heterocycles. The van der Waals surface area contributed by atoms with Gasteiger partial charge in [0.1, 0.15) is 5.78 Å². The monoisotopic (exact) mass is 341 g/mol. The summed E-state index contributed by atoms with van der Waals surface area (Å²) < 4.78 is 0. The molecule has 0 aliphatic heterocycles. The molecule has 138 valence electrons. The summed E-state index contributed by atoms with van der Waals surface area (Å²) in [7, 11) is 0. The Morgan fingerprint density at radius 1 is 1.24 bits per heavy atom. The summed E-state index contributed by atoms with van der Waals surface area (Å²) in [5, 5.41) is 0. The van der Waals surface area contributed by atoms with Gasteiger partial charge in [0.05, 0.1) is 0 Å². The van der Waals surface area contributed by atoms with Gasteiger partial charge in [0, 0.05) is 18.9 Å². The molecule has 3 atom stereocenters. The van der Waals surface area contributed by atoms with Gasteiger partial charge >= 0.3 is 0 Å². The zero-order valence-electron chi connectivity index (χ0n) is 16.5. The quantitative estimate of drug-likeness (QED) is 0.719. The number of carbonyl (C=O) groups excluding carboxylic acids is 1. The van der Waals surface area contributed by atoms with Gasteiger partial charge in [-0.15, -0.1) is 0 Å². The first-order valence-corrected chi connectivity index (χ1v) is 9.79. The Kier molecular flexibility index (Phi) is 7.01. The Morgan fingerprint density at radius 3 is 2.60 bits per heavy atom. The average molecular weight is 342 g/mol. The summed E-state index contributed by atoms with van der Waals surface area (Å²) in [6, 6.07) is 6.43. The van der Waals surface area contributed by atoms with Crippen LogP contribution in [-0.4, -0.2) is 12.3 Å². The molecule has 0 radical (unpaired) electrons. The summed E-state index contributed by atoms with van der Waals surface area (Å²) in [4.78, 5) is 13.2. The zero-order chi connectivity index (χ0) is 18.6. The van der Waals surface area contributed by atoms with Crippen molar-refractivity contribution in [2.45, 2.75) is 59.8 Å². The largest absolute Gasteiger partial charge is 0.327 e. The second kappa shape index (κ2) is 8.80. The van der Waals surface area contributed by atoms with Crippen LogP contribution >= 0.6 is 0 Å². The third-order valence-corrected chi connectivity index (χ3v) is 5.89. The van der Waals surface area contributed by atoms with Crippen molar-refractivity contribution in [3.8, 4) is 0 Å². The number of hydrogen-bond acceptors (Lipinski definition) is 2. The zero-order valence-corrected chi connectivity index (χ0v) is 16.5. The van der Waals surface area contributed by atoms with E-state index in [2.05, 4.69) is 52.5 Å². The van der Waals surface area contributed by atoms with Gasteiger partial charge in [-0.2, -0.15) is 0 Å². The van der Waals surface area contributed by atoms with Gasteiger partial charge in [0.15, 0.2) is 0 Å². The van der Waals surface area contributed by atoms with Crippen LogP contribution in [0, 0.1) is 30.6 Å². The number of rotatable bonds is 7. The molecule has 2 heteroatoms. The van der Waals surface area contributed by atoms with Crippen molar-refractivity contribution in [1.29, 1.82) is 0 Å². The van der Waals surface area contributed by atoms with Gasteiger partial charge in [-0.25, -0.2) is 0 Å². The van der Waals surface area contributed by atoms with E-state index in [1.807, 2.05) is 0 Å². The van der Waals surface area contributed by atoms with Crippen LogP contribution in [0.25, 0.3) is 0 Å². The second-order valence-electron chi connectivity index (χ2n) is 8.48. The molecule has 0 unspecified atom stereocenters. The first-order valence-electron chi connectivity index (χ1n) is 9.79. The van der Waals surface area contributed by atoms with Crippen LogP contribution in [0.15, 0.2) is 30.4 Å². The smallest absolute Gasteiger partial charge is 0.140 e. The molecule has 1 aliphatic carbocycles. The first kappa shape index (κ1) is 19.9. The molecule has 2 nitrogen and oxygen atoms in total. The van der Waals surface area contributed by atoms with Crippen LogP contribution in [0.2, 0.25) is 0 Å². The van der Waals surface area contributed by atoms with Gasteiger partial charge in [-0.05, 0) is 55.1 Å². The van der Waals surface area contributed by atoms with E-state index in [1.54, 1.807) is 0 Å². The van der Waals surface area contributed by atoms with Crippen molar-refractivity contribution in [3.63, 3.8) is 0 Å². The van der Waals surface area contributed by atoms with Crippen molar-refractivity contribution in [1.82, 2.24) is 0 Å². The molecule has 0 bridgehead atoms. The van der Waals surface area contributed by atoms with E-state index >= 15 is 0 Å². The number of benzene rings is 1. The lowest BCUT2D eigenvalue weighted by molar-refractivity contribution is -0.126. The molecule has 1 aliphatic rings. The second-order valence-corrected chi connectivity index (χ2v) is 8.48. The fourth-order valence-electron chi connectivity index (χ4n) is 4.32. The van der Waals surface area contributed by atoms with Crippen LogP contribution < -0.4 is 5.73 Å². The van der Waals surface area contributed by atoms with E-state index in [-0.39, 0.29) is 5.92 Å². The standard InChI is InChI=1S/C23H35NO/c1-15(2)21-9-7-17(4)12-22(21)23(25)13-19-8-6-16(3)10-20(19)11-18(5)14-24/h6,8,10,15,17,21-22H,5,7,9,11-14,24H2,1-4H3/t17-,21+,22-/m1/s1. The molecule has 1 saturated carbocycles. The van der Waals surface area contributed by atoms with Crippen molar-refractivity contribution in [2.75, 3.05) is 6.54 Å². The van der Waals surface area contributed by atoms with Crippen LogP contribution in [0.4, 0.5) is 0 Å². The first-order chi connectivity index (χ1) is 11.8. The molecule has 0 heterocycles. The summed E-state index contributed by atoms with van der Waals surface area (Å²) in [5.41, 5.74) is 10.3. The van der Waals surface area contributed by atoms with Crippen molar-refractivity contribution in [2.24, 2.45) is 29.4 Å². The molecule has 0 spiro atoms. The summed E-state index contributed by atoms with van der Waals surface area (Å²) >= 11 is 0. The van der Waals surface area contributed by atoms with Gasteiger partial charge in [-0.3, -0.25) is 4.79 Å². The normalized spacial score (nSPS) is 23.7. The third kappa shape index (κ3) is 5.28. The summed E-state index contributed by atoms with van der Waals surface area (Å²) in [6.07, 6.45) is 4.83. The number of Topliss-reactive ketones (excluding diaryl/α,β-unsaturated/α-hetero) is 1. The molecule has 1 aromatic rings. The lowest BCUT2D eigenvalue weighted by atomic mass is 9.68. The summed E-state index contributed by atoms with van der Waals surface area (Å²) in [6.45, 7) is 13.5. The Labute approximate surface area is 153 Å². The average Bonchev–Trinajstić information content (AvgIpc) is 2.56. The lowest BCUT2D eigenvalue weighted by Crippen LogP contribution is -2.34. The van der Waals surface area contributed by atoms with Crippen molar-refractivity contribution >= 4 is 5.78 Å². The number of nitrogens with two attached hydrogens (primary N) is 1. The molecule has 25 heavy (non-hydrogen) atoms. The molecule has 2 rings (SSSR count). The molecule has 1 fully saturated rings. The fourth-order valence-corrected chi connectivity index (χ4v) is 4.32. The number of carbonyl (C=O) groups is 1. The van der Waals surface area contributed by atoms with Gasteiger partial charge < -0.3 is 5.73 Å². The maximum Gasteiger partial charge on any atom is 0.140 e. The maximum atomic E-state index is 13.2. The highest BCUT2D eigenvalue weighted by molar-refractivity contribution is 5.84. The van der Waals surface area contributed by atoms with Crippen molar-refractivity contribution < 1.29 is 4.79 Å². The molecular formula is C23H35NO. The molecule has 2 N–H and O–H groups in total. The minimum Gasteiger partial charge on any atom is -0.327 e. The Bertz CT molecular complexity index is 617. The van der Waals surface area contributed by atoms with Gasteiger partial charge in [0.25, 0.3) is 0 Å². The topological polar surface area (TPSA) is 43.1 Å². The number of aryl methyl sites for hydroxylation is 1. The highest BCUT2D eigenvalue weighted by Crippen LogP contribution is 2.39. The highest BCUT2D eigenvalue weighted by atomic mass is 16.1. The number of ketones is 1. The lowest BCUT2D eigenvalue weighted by Gasteiger charge is -2.36. The highest BCUT2D eigenvalue weighted by Gasteiger charge is 2.35. The Hall–Kier alpha value is -1.41. The minimum absolute atomic E-state index is 0.218. The predicted octanol–water partition coefficient (Wildman–Crippen LogP) is 4.87. The maximum absolute atomic E-state index is 13.2. The SMILES string of the molecule is C=C(CN)Cc1cc(C)ccc1CC(=O)[C@@H]1C[C@H](C)CC[C@H]1C(C)C. The van der Waals surface area contributed by atoms with E-state index in [0.29, 0.717) is 36.5 Å². The Balaban J connectivity index is 2.19. The van der Waals surface area contributed by atoms with Crippen LogP contribution in [0.1, 0.15) is 56.7 Å². The minimum atomic E-state index is 0.218. The van der Waals surface area contributed by atoms with Gasteiger partial charge in [0.2, 0.25) is 0 Å². The van der Waals surface area contributed by atoms with Crippen LogP contribution in [-0.2, 0) is 17.6 Å². The predicted molar refractivity (Wildman–Crippen MR) is 107 cm³/mol. The molecule has 0 aromatic heterocycles. The van der Waals surface area contributed by atoms with E-state index in [4.69, 9.17) is 5.73 Å². The Morgan fingerprint density at radius 2 is 1.96 bits per heavy atom. The number of hydrogen-bond donors (Lipinski definition) is 1. The van der Waals surface area contributed by atoms with E-state index in [0.717, 1.165) is 24.0 Å². The van der Waals surface area contributed by atoms with Crippen LogP contribution in [0.3, 0.4) is 0 Å². The fraction of sp³-hybridized carbons (Fsp3) is 0.609. The molecule has 1 aromatic carbocycles. The van der Waals surface area contributed by atoms with Crippen molar-refractivity contribution in [3.05, 3.63) is 47.0 Å². The molecular weight excluding hydrogens is 306 g/mol. The molecule has 0 amide bonds. The van der Waals surface area contributed by atoms with E-state index in [9.17, 15) is 4.79 Å². The van der Waals surface area contributed by atoms with Gasteiger partial charge in [-0.1, -0.05) is 63.1 Å². The van der Waals surface area contributed by atoms with Crippen LogP contribution in [0.5, 0.6) is 0 Å². The van der Waals surface area contributed by atoms with E-state index < -0.39 is 0 Å². The van der Waals surface area contributed by atoms with E-state index in [1.165, 1.54) is 24.0 Å².